The van der Waals surface area contributed by atoms with Crippen LogP contribution in [0.25, 0.3) is 0 Å². The Hall–Kier alpha value is -1.90. The van der Waals surface area contributed by atoms with Crippen LogP contribution in [0.15, 0.2) is 29.1 Å². The number of amides is 1. The van der Waals surface area contributed by atoms with Crippen LogP contribution in [0.5, 0.6) is 0 Å². The molecule has 1 fully saturated rings. The average Bonchev–Trinajstić information content (AvgIpc) is 2.77. The zero-order valence-corrected chi connectivity index (χ0v) is 20.0. The minimum Gasteiger partial charge on any atom is -0.481 e. The van der Waals surface area contributed by atoms with Crippen molar-refractivity contribution < 1.29 is 19.8 Å². The standard InChI is InChI=1S/C23H30ClN3O4S/c1-14-20(21(24)26-23(25-14)32-2)22(31)27(11-12-28)18-9-7-17(8-10-18)16-5-3-15(4-6-16)13-19(29)30/h7,9-10,15-17,28H,3-6,8,11-13H2,1-2H3,(H,29,30). The van der Waals surface area contributed by atoms with Crippen molar-refractivity contribution in [3.05, 3.63) is 40.3 Å². The molecule has 1 atom stereocenters. The van der Waals surface area contributed by atoms with Crippen LogP contribution >= 0.6 is 23.4 Å². The molecule has 3 rings (SSSR count). The van der Waals surface area contributed by atoms with Gasteiger partial charge in [-0.15, -0.1) is 0 Å². The molecule has 2 aliphatic rings. The quantitative estimate of drug-likeness (QED) is 0.324. The summed E-state index contributed by atoms with van der Waals surface area (Å²) in [6.07, 6.45) is 13.0. The van der Waals surface area contributed by atoms with E-state index in [0.717, 1.165) is 37.8 Å². The van der Waals surface area contributed by atoms with Gasteiger partial charge in [-0.2, -0.15) is 0 Å². The highest BCUT2D eigenvalue weighted by atomic mass is 35.5. The van der Waals surface area contributed by atoms with E-state index in [1.807, 2.05) is 18.4 Å². The van der Waals surface area contributed by atoms with Gasteiger partial charge in [-0.3, -0.25) is 9.59 Å². The van der Waals surface area contributed by atoms with Gasteiger partial charge in [0.25, 0.3) is 5.91 Å². The molecule has 1 aromatic heterocycles. The van der Waals surface area contributed by atoms with E-state index >= 15 is 0 Å². The lowest BCUT2D eigenvalue weighted by atomic mass is 9.73. The maximum Gasteiger partial charge on any atom is 0.303 e. The average molecular weight is 480 g/mol. The molecule has 1 heterocycles. The number of aromatic nitrogens is 2. The summed E-state index contributed by atoms with van der Waals surface area (Å²) >= 11 is 7.67. The molecular formula is C23H30ClN3O4S. The summed E-state index contributed by atoms with van der Waals surface area (Å²) < 4.78 is 0. The van der Waals surface area contributed by atoms with Gasteiger partial charge in [0.2, 0.25) is 0 Å². The van der Waals surface area contributed by atoms with Gasteiger partial charge in [0, 0.05) is 18.7 Å². The number of hydrogen-bond donors (Lipinski definition) is 2. The smallest absolute Gasteiger partial charge is 0.303 e. The van der Waals surface area contributed by atoms with Gasteiger partial charge >= 0.3 is 5.97 Å². The van der Waals surface area contributed by atoms with Crippen molar-refractivity contribution in [1.29, 1.82) is 0 Å². The number of nitrogens with zero attached hydrogens (tertiary/aromatic N) is 3. The molecule has 7 nitrogen and oxygen atoms in total. The molecule has 2 aliphatic carbocycles. The van der Waals surface area contributed by atoms with Gasteiger partial charge < -0.3 is 15.1 Å². The molecule has 0 aliphatic heterocycles. The highest BCUT2D eigenvalue weighted by molar-refractivity contribution is 7.98. The number of hydrogen-bond acceptors (Lipinski definition) is 6. The number of rotatable bonds is 8. The maximum atomic E-state index is 13.3. The Bertz CT molecular complexity index is 889. The molecule has 0 radical (unpaired) electrons. The van der Waals surface area contributed by atoms with Crippen LogP contribution < -0.4 is 0 Å². The number of carbonyl (C=O) groups excluding carboxylic acids is 1. The third-order valence-corrected chi connectivity index (χ3v) is 7.20. The Morgan fingerprint density at radius 3 is 2.50 bits per heavy atom. The number of aryl methyl sites for hydroxylation is 1. The number of aliphatic hydroxyl groups excluding tert-OH is 1. The number of carboxylic acid groups (broad SMARTS) is 1. The number of carbonyl (C=O) groups is 2. The first-order valence-electron chi connectivity index (χ1n) is 10.9. The first-order valence-corrected chi connectivity index (χ1v) is 12.5. The minimum atomic E-state index is -0.712. The summed E-state index contributed by atoms with van der Waals surface area (Å²) in [6, 6.07) is 0. The van der Waals surface area contributed by atoms with Crippen LogP contribution in [0.4, 0.5) is 0 Å². The predicted octanol–water partition coefficient (Wildman–Crippen LogP) is 4.34. The Morgan fingerprint density at radius 1 is 1.25 bits per heavy atom. The lowest BCUT2D eigenvalue weighted by Crippen LogP contribution is -2.34. The molecular weight excluding hydrogens is 450 g/mol. The lowest BCUT2D eigenvalue weighted by Gasteiger charge is -2.34. The third-order valence-electron chi connectivity index (χ3n) is 6.38. The summed E-state index contributed by atoms with van der Waals surface area (Å²) in [5, 5.41) is 19.2. The van der Waals surface area contributed by atoms with E-state index in [9.17, 15) is 14.7 Å². The molecule has 0 aromatic carbocycles. The maximum absolute atomic E-state index is 13.3. The van der Waals surface area contributed by atoms with Gasteiger partial charge in [-0.05, 0) is 69.1 Å². The van der Waals surface area contributed by atoms with Crippen molar-refractivity contribution in [3.8, 4) is 0 Å². The first kappa shape index (κ1) is 24.7. The van der Waals surface area contributed by atoms with Crippen molar-refractivity contribution in [3.63, 3.8) is 0 Å². The molecule has 2 N–H and O–H groups in total. The van der Waals surface area contributed by atoms with Gasteiger partial charge in [-0.1, -0.05) is 35.5 Å². The second-order valence-electron chi connectivity index (χ2n) is 8.41. The molecule has 0 saturated heterocycles. The largest absolute Gasteiger partial charge is 0.481 e. The molecule has 1 unspecified atom stereocenters. The van der Waals surface area contributed by atoms with E-state index < -0.39 is 5.97 Å². The number of allylic oxidation sites excluding steroid dienone is 3. The summed E-state index contributed by atoms with van der Waals surface area (Å²) in [4.78, 5) is 34.3. The predicted molar refractivity (Wildman–Crippen MR) is 125 cm³/mol. The Balaban J connectivity index is 1.69. The molecule has 1 amide bonds. The second-order valence-corrected chi connectivity index (χ2v) is 9.54. The molecule has 0 spiro atoms. The SMILES string of the molecule is CSc1nc(C)c(C(=O)N(CCO)C2=CCC(C3CCC(CC(=O)O)CC3)C=C2)c(Cl)n1. The van der Waals surface area contributed by atoms with Gasteiger partial charge in [0.05, 0.1) is 17.9 Å². The van der Waals surface area contributed by atoms with Gasteiger partial charge in [0.1, 0.15) is 5.15 Å². The highest BCUT2D eigenvalue weighted by Gasteiger charge is 2.30. The zero-order valence-electron chi connectivity index (χ0n) is 18.5. The van der Waals surface area contributed by atoms with E-state index in [-0.39, 0.29) is 42.1 Å². The van der Waals surface area contributed by atoms with Crippen molar-refractivity contribution in [2.75, 3.05) is 19.4 Å². The molecule has 9 heteroatoms. The molecule has 0 bridgehead atoms. The van der Waals surface area contributed by atoms with E-state index in [4.69, 9.17) is 16.7 Å². The second kappa shape index (κ2) is 11.3. The van der Waals surface area contributed by atoms with E-state index in [2.05, 4.69) is 16.0 Å². The fourth-order valence-corrected chi connectivity index (χ4v) is 5.43. The topological polar surface area (TPSA) is 104 Å². The van der Waals surface area contributed by atoms with Crippen LogP contribution in [0, 0.1) is 24.7 Å². The third kappa shape index (κ3) is 5.91. The number of aliphatic hydroxyl groups is 1. The van der Waals surface area contributed by atoms with Crippen molar-refractivity contribution >= 4 is 35.2 Å². The Morgan fingerprint density at radius 2 is 1.97 bits per heavy atom. The van der Waals surface area contributed by atoms with Crippen molar-refractivity contribution in [2.24, 2.45) is 17.8 Å². The van der Waals surface area contributed by atoms with Crippen molar-refractivity contribution in [1.82, 2.24) is 14.9 Å². The fraction of sp³-hybridized carbons (Fsp3) is 0.565. The number of aliphatic carboxylic acids is 1. The van der Waals surface area contributed by atoms with E-state index in [1.165, 1.54) is 16.7 Å². The number of carboxylic acids is 1. The summed E-state index contributed by atoms with van der Waals surface area (Å²) in [5.41, 5.74) is 1.51. The van der Waals surface area contributed by atoms with Crippen LogP contribution in [0.3, 0.4) is 0 Å². The van der Waals surface area contributed by atoms with E-state index in [1.54, 1.807) is 6.92 Å². The minimum absolute atomic E-state index is 0.117. The normalized spacial score (nSPS) is 23.0. The Labute approximate surface area is 198 Å². The lowest BCUT2D eigenvalue weighted by molar-refractivity contribution is -0.138. The molecule has 1 aromatic rings. The van der Waals surface area contributed by atoms with Crippen LogP contribution in [0.1, 0.15) is 54.6 Å². The summed E-state index contributed by atoms with van der Waals surface area (Å²) in [7, 11) is 0. The Kier molecular flexibility index (Phi) is 8.73. The summed E-state index contributed by atoms with van der Waals surface area (Å²) in [5.74, 6) is 0.159. The first-order chi connectivity index (χ1) is 15.3. The molecule has 174 valence electrons. The summed E-state index contributed by atoms with van der Waals surface area (Å²) in [6.45, 7) is 1.72. The highest BCUT2D eigenvalue weighted by Crippen LogP contribution is 2.38. The van der Waals surface area contributed by atoms with E-state index in [0.29, 0.717) is 22.7 Å². The molecule has 32 heavy (non-hydrogen) atoms. The van der Waals surface area contributed by atoms with Crippen LogP contribution in [-0.4, -0.2) is 56.4 Å². The van der Waals surface area contributed by atoms with Crippen molar-refractivity contribution in [2.45, 2.75) is 50.6 Å². The number of thioether (sulfide) groups is 1. The van der Waals surface area contributed by atoms with Crippen LogP contribution in [-0.2, 0) is 4.79 Å². The van der Waals surface area contributed by atoms with Gasteiger partial charge in [-0.25, -0.2) is 9.97 Å². The van der Waals surface area contributed by atoms with Crippen LogP contribution in [0.2, 0.25) is 5.15 Å². The van der Waals surface area contributed by atoms with Gasteiger partial charge in [0.15, 0.2) is 5.16 Å². The molecule has 1 saturated carbocycles. The zero-order chi connectivity index (χ0) is 23.3. The monoisotopic (exact) mass is 479 g/mol. The fourth-order valence-electron chi connectivity index (χ4n) is 4.67. The number of halogens is 1.